The summed E-state index contributed by atoms with van der Waals surface area (Å²) in [6, 6.07) is 8.64. The van der Waals surface area contributed by atoms with Gasteiger partial charge in [-0.3, -0.25) is 4.90 Å². The van der Waals surface area contributed by atoms with E-state index in [1.54, 1.807) is 12.1 Å². The topological polar surface area (TPSA) is 32.7 Å². The van der Waals surface area contributed by atoms with Gasteiger partial charge in [-0.25, -0.2) is 0 Å². The van der Waals surface area contributed by atoms with Gasteiger partial charge in [0.1, 0.15) is 5.75 Å². The molecule has 1 N–H and O–H groups in total. The van der Waals surface area contributed by atoms with Crippen molar-refractivity contribution in [1.82, 2.24) is 4.90 Å². The second-order valence-electron chi connectivity index (χ2n) is 5.22. The Kier molecular flexibility index (Phi) is 4.61. The smallest absolute Gasteiger partial charge is 0.115 e. The van der Waals surface area contributed by atoms with E-state index in [1.165, 1.54) is 5.56 Å². The molecule has 3 heteroatoms. The predicted molar refractivity (Wildman–Crippen MR) is 72.9 cm³/mol. The van der Waals surface area contributed by atoms with Gasteiger partial charge in [-0.2, -0.15) is 0 Å². The molecule has 1 aromatic carbocycles. The minimum absolute atomic E-state index is 0.341. The van der Waals surface area contributed by atoms with Crippen LogP contribution in [0.5, 0.6) is 5.75 Å². The molecule has 2 unspecified atom stereocenters. The molecule has 2 rings (SSSR count). The van der Waals surface area contributed by atoms with Crippen LogP contribution in [0.15, 0.2) is 24.3 Å². The summed E-state index contributed by atoms with van der Waals surface area (Å²) in [4.78, 5) is 2.53. The maximum absolute atomic E-state index is 9.25. The van der Waals surface area contributed by atoms with Gasteiger partial charge in [0.2, 0.25) is 0 Å². The van der Waals surface area contributed by atoms with Crippen LogP contribution in [0.3, 0.4) is 0 Å². The molecule has 100 valence electrons. The third kappa shape index (κ3) is 3.47. The number of ether oxygens (including phenoxy) is 1. The number of morpholine rings is 1. The fourth-order valence-electron chi connectivity index (χ4n) is 2.60. The first kappa shape index (κ1) is 13.4. The molecular formula is C15H23NO2. The van der Waals surface area contributed by atoms with Crippen molar-refractivity contribution < 1.29 is 9.84 Å². The van der Waals surface area contributed by atoms with E-state index in [0.717, 1.165) is 32.6 Å². The Hall–Kier alpha value is -1.06. The van der Waals surface area contributed by atoms with Crippen LogP contribution in [0.25, 0.3) is 0 Å². The SMILES string of the molecule is CC(CCc1ccc(O)cc1)N1CCOCC1C. The minimum Gasteiger partial charge on any atom is -0.508 e. The summed E-state index contributed by atoms with van der Waals surface area (Å²) in [6.45, 7) is 7.27. The standard InChI is InChI=1S/C15H23NO2/c1-12(16-9-10-18-11-13(16)2)3-4-14-5-7-15(17)8-6-14/h5-8,12-13,17H,3-4,9-11H2,1-2H3. The Labute approximate surface area is 109 Å². The van der Waals surface area contributed by atoms with Crippen LogP contribution in [0.2, 0.25) is 0 Å². The summed E-state index contributed by atoms with van der Waals surface area (Å²) in [5.41, 5.74) is 1.29. The molecule has 0 radical (unpaired) electrons. The molecule has 18 heavy (non-hydrogen) atoms. The quantitative estimate of drug-likeness (QED) is 0.889. The van der Waals surface area contributed by atoms with Crippen molar-refractivity contribution >= 4 is 0 Å². The van der Waals surface area contributed by atoms with Gasteiger partial charge in [0.05, 0.1) is 13.2 Å². The Bertz CT molecular complexity index is 363. The molecule has 0 aromatic heterocycles. The first-order chi connectivity index (χ1) is 8.66. The van der Waals surface area contributed by atoms with E-state index < -0.39 is 0 Å². The Morgan fingerprint density at radius 3 is 2.78 bits per heavy atom. The molecule has 0 aliphatic carbocycles. The summed E-state index contributed by atoms with van der Waals surface area (Å²) in [5, 5.41) is 9.25. The second kappa shape index (κ2) is 6.21. The van der Waals surface area contributed by atoms with Crippen molar-refractivity contribution in [1.29, 1.82) is 0 Å². The fraction of sp³-hybridized carbons (Fsp3) is 0.600. The van der Waals surface area contributed by atoms with Crippen LogP contribution in [-0.4, -0.2) is 41.8 Å². The number of hydrogen-bond acceptors (Lipinski definition) is 3. The van der Waals surface area contributed by atoms with E-state index >= 15 is 0 Å². The predicted octanol–water partition coefficient (Wildman–Crippen LogP) is 2.43. The minimum atomic E-state index is 0.341. The Balaban J connectivity index is 1.83. The van der Waals surface area contributed by atoms with Gasteiger partial charge in [-0.05, 0) is 44.4 Å². The zero-order valence-corrected chi connectivity index (χ0v) is 11.3. The first-order valence-electron chi connectivity index (χ1n) is 6.78. The van der Waals surface area contributed by atoms with Crippen molar-refractivity contribution in [3.8, 4) is 5.75 Å². The lowest BCUT2D eigenvalue weighted by Gasteiger charge is -2.38. The van der Waals surface area contributed by atoms with Crippen LogP contribution < -0.4 is 0 Å². The summed E-state index contributed by atoms with van der Waals surface area (Å²) >= 11 is 0. The monoisotopic (exact) mass is 249 g/mol. The lowest BCUT2D eigenvalue weighted by Crippen LogP contribution is -2.48. The highest BCUT2D eigenvalue weighted by atomic mass is 16.5. The van der Waals surface area contributed by atoms with E-state index in [0.29, 0.717) is 17.8 Å². The summed E-state index contributed by atoms with van der Waals surface area (Å²) < 4.78 is 5.47. The van der Waals surface area contributed by atoms with Crippen molar-refractivity contribution in [3.63, 3.8) is 0 Å². The van der Waals surface area contributed by atoms with Crippen LogP contribution in [-0.2, 0) is 11.2 Å². The van der Waals surface area contributed by atoms with Crippen LogP contribution in [0, 0.1) is 0 Å². The third-order valence-corrected chi connectivity index (χ3v) is 3.77. The average molecular weight is 249 g/mol. The van der Waals surface area contributed by atoms with Crippen LogP contribution >= 0.6 is 0 Å². The molecule has 1 aromatic rings. The van der Waals surface area contributed by atoms with Crippen LogP contribution in [0.4, 0.5) is 0 Å². The summed E-state index contributed by atoms with van der Waals surface area (Å²) in [6.07, 6.45) is 2.21. The molecule has 1 fully saturated rings. The van der Waals surface area contributed by atoms with Gasteiger partial charge in [-0.1, -0.05) is 12.1 Å². The lowest BCUT2D eigenvalue weighted by atomic mass is 10.0. The molecule has 1 saturated heterocycles. The third-order valence-electron chi connectivity index (χ3n) is 3.77. The molecule has 2 atom stereocenters. The zero-order chi connectivity index (χ0) is 13.0. The fourth-order valence-corrected chi connectivity index (χ4v) is 2.60. The van der Waals surface area contributed by atoms with Gasteiger partial charge in [-0.15, -0.1) is 0 Å². The first-order valence-corrected chi connectivity index (χ1v) is 6.78. The molecule has 1 aliphatic heterocycles. The number of hydrogen-bond donors (Lipinski definition) is 1. The zero-order valence-electron chi connectivity index (χ0n) is 11.3. The van der Waals surface area contributed by atoms with Gasteiger partial charge >= 0.3 is 0 Å². The highest BCUT2D eigenvalue weighted by Gasteiger charge is 2.23. The van der Waals surface area contributed by atoms with Crippen molar-refractivity contribution in [2.24, 2.45) is 0 Å². The molecule has 3 nitrogen and oxygen atoms in total. The van der Waals surface area contributed by atoms with E-state index in [2.05, 4.69) is 18.7 Å². The van der Waals surface area contributed by atoms with E-state index in [1.807, 2.05) is 12.1 Å². The molecule has 0 spiro atoms. The number of phenolic OH excluding ortho intramolecular Hbond substituents is 1. The van der Waals surface area contributed by atoms with Crippen LogP contribution in [0.1, 0.15) is 25.8 Å². The average Bonchev–Trinajstić information content (AvgIpc) is 2.38. The highest BCUT2D eigenvalue weighted by Crippen LogP contribution is 2.17. The largest absolute Gasteiger partial charge is 0.508 e. The van der Waals surface area contributed by atoms with E-state index in [4.69, 9.17) is 4.74 Å². The van der Waals surface area contributed by atoms with Crippen molar-refractivity contribution in [2.75, 3.05) is 19.8 Å². The van der Waals surface area contributed by atoms with Gasteiger partial charge in [0.15, 0.2) is 0 Å². The maximum Gasteiger partial charge on any atom is 0.115 e. The van der Waals surface area contributed by atoms with Gasteiger partial charge in [0.25, 0.3) is 0 Å². The number of aryl methyl sites for hydroxylation is 1. The highest BCUT2D eigenvalue weighted by molar-refractivity contribution is 5.25. The molecule has 0 bridgehead atoms. The number of rotatable bonds is 4. The number of nitrogens with zero attached hydrogens (tertiary/aromatic N) is 1. The number of phenols is 1. The summed E-state index contributed by atoms with van der Waals surface area (Å²) in [7, 11) is 0. The van der Waals surface area contributed by atoms with Crippen molar-refractivity contribution in [2.45, 2.75) is 38.8 Å². The maximum atomic E-state index is 9.25. The Morgan fingerprint density at radius 2 is 2.11 bits per heavy atom. The second-order valence-corrected chi connectivity index (χ2v) is 5.22. The molecular weight excluding hydrogens is 226 g/mol. The molecule has 0 saturated carbocycles. The number of aromatic hydroxyl groups is 1. The molecule has 1 heterocycles. The van der Waals surface area contributed by atoms with Crippen molar-refractivity contribution in [3.05, 3.63) is 29.8 Å². The summed E-state index contributed by atoms with van der Waals surface area (Å²) in [5.74, 6) is 0.341. The number of benzene rings is 1. The van der Waals surface area contributed by atoms with Gasteiger partial charge < -0.3 is 9.84 Å². The van der Waals surface area contributed by atoms with E-state index in [9.17, 15) is 5.11 Å². The Morgan fingerprint density at radius 1 is 1.39 bits per heavy atom. The lowest BCUT2D eigenvalue weighted by molar-refractivity contribution is -0.0198. The van der Waals surface area contributed by atoms with E-state index in [-0.39, 0.29) is 0 Å². The van der Waals surface area contributed by atoms with Gasteiger partial charge in [0, 0.05) is 18.6 Å². The molecule has 1 aliphatic rings. The molecule has 0 amide bonds. The normalized spacial score (nSPS) is 22.9.